The highest BCUT2D eigenvalue weighted by Gasteiger charge is 2.45. The molecule has 6 heterocycles. The largest absolute Gasteiger partial charge is 0.480 e. The Morgan fingerprint density at radius 3 is 1.44 bits per heavy atom. The number of thiol groups is 1. The van der Waals surface area contributed by atoms with Gasteiger partial charge in [-0.1, -0.05) is 61.8 Å². The minimum Gasteiger partial charge on any atom is -0.480 e. The maximum absolute atomic E-state index is 14.6. The van der Waals surface area contributed by atoms with Crippen LogP contribution in [0.15, 0.2) is 25.0 Å². The highest BCUT2D eigenvalue weighted by molar-refractivity contribution is 7.80. The smallest absolute Gasteiger partial charge is 0.326 e. The van der Waals surface area contributed by atoms with E-state index in [0.717, 1.165) is 6.42 Å². The fourth-order valence-electron chi connectivity index (χ4n) is 15.0. The zero-order chi connectivity index (χ0) is 93.2. The topological polar surface area (TPSA) is 664 Å². The molecule has 0 bridgehead atoms. The molecule has 0 radical (unpaired) electrons. The summed E-state index contributed by atoms with van der Waals surface area (Å²) in [7, 11) is 0. The molecule has 16 atom stereocenters. The molecule has 0 saturated carbocycles. The Kier molecular flexibility index (Phi) is 42.1. The molecular formula is C80H128N24O21S. The van der Waals surface area contributed by atoms with Crippen LogP contribution < -0.4 is 91.2 Å². The standard InChI is InChI=1S/C80H128N24O21S/c1-10-44(8)65(79(123)104-28-14-19-55(104)72(116)89-37-61(109)93-52(30-46-32-83-39-90-46)67(111)88-36-60(108)92-50(22-23-58(82)106)77(121)102-26-15-20-56(102)73(117)95-51(29-41(2)3)71(115)100-64(43(6)7)80(124)125)101-76(120)66(45(9)105)98-62(110)35-86-59(107)34-87-68(112)53(31-47-33-84-40-91-47)96-74(118)57-21-16-27-103(57)78(122)54(38-126)97-75(119)63(42(4)5)99-70(114)49(17-11-12-24-81)94-69(113)48-18-13-25-85-48/h32-33,39-45,48-57,63-66,85,105,126H,10-31,34-38,81H2,1-9H3,(H2,82,106)(H,83,90)(H,84,91)(H,86,107)(H,87,112)(H,88,111)(H,89,116)(H,92,108)(H,93,109)(H,94,113)(H,95,117)(H,96,118)(H,97,119)(H,98,110)(H,99,114)(H,100,115)(H,101,120)(H,124,125)/t44-,45+,48-,49-,50-,51-,52-,53-,54-,55-,56-,57-,63-,64-,65-,66-/m0/s1. The lowest BCUT2D eigenvalue weighted by atomic mass is 9.96. The van der Waals surface area contributed by atoms with Crippen LogP contribution in [0, 0.1) is 23.7 Å². The number of carbonyl (C=O) groups is 19. The van der Waals surface area contributed by atoms with E-state index >= 15 is 0 Å². The van der Waals surface area contributed by atoms with Gasteiger partial charge in [0.15, 0.2) is 0 Å². The summed E-state index contributed by atoms with van der Waals surface area (Å²) in [5.41, 5.74) is 11.9. The summed E-state index contributed by atoms with van der Waals surface area (Å²) in [5.74, 6) is -17.5. The molecule has 2 aromatic heterocycles. The van der Waals surface area contributed by atoms with Gasteiger partial charge >= 0.3 is 5.97 Å². The van der Waals surface area contributed by atoms with E-state index in [9.17, 15) is 101 Å². The number of carboxylic acid groups (broad SMARTS) is 1. The zero-order valence-electron chi connectivity index (χ0n) is 72.9. The summed E-state index contributed by atoms with van der Waals surface area (Å²) in [6.07, 6.45) is 7.20. The quantitative estimate of drug-likeness (QED) is 0.0216. The number of aromatic nitrogens is 4. The summed E-state index contributed by atoms with van der Waals surface area (Å²) in [6, 6.07) is -17.2. The van der Waals surface area contributed by atoms with Crippen LogP contribution in [0.1, 0.15) is 170 Å². The predicted octanol–water partition coefficient (Wildman–Crippen LogP) is -6.85. The minimum absolute atomic E-state index is 0.0200. The first-order chi connectivity index (χ1) is 59.8. The third-order valence-corrected chi connectivity index (χ3v) is 22.6. The van der Waals surface area contributed by atoms with Crippen molar-refractivity contribution in [2.45, 2.75) is 262 Å². The Morgan fingerprint density at radius 1 is 0.476 bits per heavy atom. The van der Waals surface area contributed by atoms with Crippen molar-refractivity contribution in [2.24, 2.45) is 35.1 Å². The Labute approximate surface area is 735 Å². The molecular weight excluding hydrogens is 1670 g/mol. The number of nitrogens with zero attached hydrogens (tertiary/aromatic N) is 5. The number of imidazole rings is 2. The van der Waals surface area contributed by atoms with Gasteiger partial charge in [0, 0.05) is 68.4 Å². The van der Waals surface area contributed by atoms with Gasteiger partial charge in [0.25, 0.3) is 0 Å². The number of aromatic amines is 2. The molecule has 4 aliphatic rings. The number of aliphatic hydroxyl groups excluding tert-OH is 1. The van der Waals surface area contributed by atoms with E-state index < -0.39 is 247 Å². The number of carbonyl (C=O) groups excluding carboxylic acids is 18. The van der Waals surface area contributed by atoms with Crippen molar-refractivity contribution in [1.82, 2.24) is 114 Å². The average molecular weight is 1790 g/mol. The van der Waals surface area contributed by atoms with Gasteiger partial charge in [0.1, 0.15) is 78.5 Å². The average Bonchev–Trinajstić information content (AvgIpc) is 1.64. The van der Waals surface area contributed by atoms with E-state index in [0.29, 0.717) is 63.0 Å². The number of unbranched alkanes of at least 4 members (excludes halogenated alkanes) is 1. The van der Waals surface area contributed by atoms with E-state index in [1.54, 1.807) is 55.4 Å². The molecule has 45 nitrogen and oxygen atoms in total. The molecule has 0 aromatic carbocycles. The maximum atomic E-state index is 14.6. The van der Waals surface area contributed by atoms with Gasteiger partial charge in [-0.2, -0.15) is 12.6 Å². The summed E-state index contributed by atoms with van der Waals surface area (Å²) in [6.45, 7) is 12.8. The first-order valence-electron chi connectivity index (χ1n) is 43.0. The lowest BCUT2D eigenvalue weighted by Gasteiger charge is -2.32. The van der Waals surface area contributed by atoms with E-state index in [1.165, 1.54) is 46.7 Å². The van der Waals surface area contributed by atoms with Crippen molar-refractivity contribution < 1.29 is 101 Å². The number of nitrogens with two attached hydrogens (primary N) is 2. The number of aliphatic hydroxyl groups is 1. The number of amides is 18. The van der Waals surface area contributed by atoms with Gasteiger partial charge in [0.2, 0.25) is 106 Å². The molecule has 700 valence electrons. The molecule has 126 heavy (non-hydrogen) atoms. The van der Waals surface area contributed by atoms with E-state index in [-0.39, 0.29) is 95.0 Å². The van der Waals surface area contributed by atoms with Crippen molar-refractivity contribution in [2.75, 3.05) is 64.7 Å². The fourth-order valence-corrected chi connectivity index (χ4v) is 15.3. The first kappa shape index (κ1) is 103. The Bertz CT molecular complexity index is 4090. The van der Waals surface area contributed by atoms with Gasteiger partial charge in [-0.05, 0) is 127 Å². The summed E-state index contributed by atoms with van der Waals surface area (Å²) < 4.78 is 0. The summed E-state index contributed by atoms with van der Waals surface area (Å²) in [5, 5.41) is 59.3. The molecule has 18 amide bonds. The number of rotatable bonds is 51. The van der Waals surface area contributed by atoms with Crippen LogP contribution in [-0.2, 0) is 104 Å². The van der Waals surface area contributed by atoms with E-state index in [2.05, 4.69) is 112 Å². The maximum Gasteiger partial charge on any atom is 0.326 e. The molecule has 0 spiro atoms. The third kappa shape index (κ3) is 31.9. The lowest BCUT2D eigenvalue weighted by molar-refractivity contribution is -0.144. The second-order valence-corrected chi connectivity index (χ2v) is 33.6. The number of primary amides is 1. The van der Waals surface area contributed by atoms with Gasteiger partial charge in [0.05, 0.1) is 51.0 Å². The number of hydrogen-bond acceptors (Lipinski definition) is 25. The van der Waals surface area contributed by atoms with Crippen molar-refractivity contribution in [3.05, 3.63) is 36.4 Å². The molecule has 4 aliphatic heterocycles. The second-order valence-electron chi connectivity index (χ2n) is 33.3. The van der Waals surface area contributed by atoms with Crippen molar-refractivity contribution in [3.8, 4) is 0 Å². The van der Waals surface area contributed by atoms with Crippen LogP contribution in [0.5, 0.6) is 0 Å². The van der Waals surface area contributed by atoms with Crippen LogP contribution >= 0.6 is 12.6 Å². The molecule has 4 fully saturated rings. The molecule has 0 aliphatic carbocycles. The van der Waals surface area contributed by atoms with Crippen LogP contribution in [0.3, 0.4) is 0 Å². The van der Waals surface area contributed by atoms with Crippen molar-refractivity contribution in [1.29, 1.82) is 0 Å². The van der Waals surface area contributed by atoms with Gasteiger partial charge in [-0.25, -0.2) is 14.8 Å². The van der Waals surface area contributed by atoms with Crippen LogP contribution in [0.2, 0.25) is 0 Å². The fraction of sp³-hybridized carbons (Fsp3) is 0.688. The van der Waals surface area contributed by atoms with Gasteiger partial charge in [-0.15, -0.1) is 0 Å². The molecule has 23 N–H and O–H groups in total. The number of nitrogens with one attached hydrogen (secondary N) is 17. The van der Waals surface area contributed by atoms with E-state index in [4.69, 9.17) is 11.5 Å². The number of aliphatic carboxylic acids is 1. The van der Waals surface area contributed by atoms with Crippen LogP contribution in [-0.4, -0.2) is 312 Å². The van der Waals surface area contributed by atoms with Crippen molar-refractivity contribution in [3.63, 3.8) is 0 Å². The normalized spacial score (nSPS) is 19.0. The number of likely N-dealkylation sites (tertiary alicyclic amines) is 3. The third-order valence-electron chi connectivity index (χ3n) is 22.2. The number of H-pyrrole nitrogens is 2. The minimum atomic E-state index is -1.73. The lowest BCUT2D eigenvalue weighted by Crippen LogP contribution is -2.61. The molecule has 4 saturated heterocycles. The van der Waals surface area contributed by atoms with Gasteiger partial charge in [-0.3, -0.25) is 86.3 Å². The predicted molar refractivity (Wildman–Crippen MR) is 454 cm³/mol. The summed E-state index contributed by atoms with van der Waals surface area (Å²) >= 11 is 4.37. The molecule has 46 heteroatoms. The highest BCUT2D eigenvalue weighted by Crippen LogP contribution is 2.25. The zero-order valence-corrected chi connectivity index (χ0v) is 73.8. The Morgan fingerprint density at radius 2 is 0.944 bits per heavy atom. The van der Waals surface area contributed by atoms with Gasteiger partial charge < -0.3 is 126 Å². The van der Waals surface area contributed by atoms with Crippen molar-refractivity contribution >= 4 is 125 Å². The Hall–Kier alpha value is -11.4. The molecule has 0 unspecified atom stereocenters. The number of carboxylic acids is 1. The highest BCUT2D eigenvalue weighted by atomic mass is 32.1. The molecule has 6 rings (SSSR count). The molecule has 2 aromatic rings. The van der Waals surface area contributed by atoms with E-state index in [1.807, 2.05) is 0 Å². The Balaban J connectivity index is 1.000. The summed E-state index contributed by atoms with van der Waals surface area (Å²) in [4.78, 5) is 277. The van der Waals surface area contributed by atoms with Crippen LogP contribution in [0.25, 0.3) is 0 Å². The number of hydrogen-bond donors (Lipinski definition) is 22. The second kappa shape index (κ2) is 51.3. The SMILES string of the molecule is CC[C@H](C)[C@H](NC(=O)[C@@H](NC(=O)CNC(=O)CNC(=O)[C@H](Cc1cnc[nH]1)NC(=O)[C@@H]1CCCN1C(=O)[C@H](CS)NC(=O)[C@@H](NC(=O)[C@H](CCCCN)NC(=O)[C@@H]1CCCN1)C(C)C)[C@@H](C)O)C(=O)N1CCC[C@H]1C(=O)NCC(=O)N[C@@H](Cc1cnc[nH]1)C(=O)NCC(=O)N[C@@H](CCC(N)=O)C(=O)N1CCC[C@H]1C(=O)N[C@@H](CC(C)C)C(=O)N[C@H](C(=O)O)C(C)C. The monoisotopic (exact) mass is 1790 g/mol. The van der Waals surface area contributed by atoms with Crippen LogP contribution in [0.4, 0.5) is 0 Å². The first-order valence-corrected chi connectivity index (χ1v) is 43.6.